The molecule has 0 saturated heterocycles. The largest absolute Gasteiger partial charge is 0.457 e. The highest BCUT2D eigenvalue weighted by molar-refractivity contribution is 6.05. The second-order valence-electron chi connectivity index (χ2n) is 5.82. The van der Waals surface area contributed by atoms with E-state index in [1.165, 1.54) is 12.1 Å². The topological polar surface area (TPSA) is 51.2 Å². The lowest BCUT2D eigenvalue weighted by Crippen LogP contribution is -2.14. The predicted octanol–water partition coefficient (Wildman–Crippen LogP) is 5.14. The van der Waals surface area contributed by atoms with Crippen LogP contribution in [0.1, 0.15) is 28.7 Å². The quantitative estimate of drug-likeness (QED) is 0.693. The molecule has 3 rings (SSSR count). The molecular weight excluding hydrogens is 331 g/mol. The fraction of sp³-hybridized carbons (Fsp3) is 0.143. The zero-order valence-electron chi connectivity index (χ0n) is 14.6. The van der Waals surface area contributed by atoms with E-state index in [1.807, 2.05) is 19.9 Å². The van der Waals surface area contributed by atoms with Crippen LogP contribution in [0.25, 0.3) is 0 Å². The van der Waals surface area contributed by atoms with Gasteiger partial charge in [0, 0.05) is 11.4 Å². The van der Waals surface area contributed by atoms with Crippen LogP contribution in [0.4, 0.5) is 10.1 Å². The molecule has 5 heteroatoms. The molecule has 3 aromatic rings. The minimum atomic E-state index is -0.313. The van der Waals surface area contributed by atoms with Crippen LogP contribution in [0.3, 0.4) is 0 Å². The lowest BCUT2D eigenvalue weighted by molar-refractivity contribution is 0.102. The molecule has 0 aliphatic rings. The van der Waals surface area contributed by atoms with E-state index in [0.717, 1.165) is 12.1 Å². The summed E-state index contributed by atoms with van der Waals surface area (Å²) in [5, 5.41) is 2.85. The van der Waals surface area contributed by atoms with Crippen molar-refractivity contribution in [3.05, 3.63) is 83.4 Å². The lowest BCUT2D eigenvalue weighted by atomic mass is 10.1. The standard InChI is InChI=1S/C21H19FN2O2/c1-3-16-8-13-20(14(2)23-16)21(25)24-17-6-11-19(12-7-17)26-18-9-4-15(22)5-10-18/h4-13H,3H2,1-2H3,(H,24,25). The van der Waals surface area contributed by atoms with E-state index in [1.54, 1.807) is 42.5 Å². The van der Waals surface area contributed by atoms with Crippen LogP contribution in [-0.2, 0) is 6.42 Å². The maximum Gasteiger partial charge on any atom is 0.257 e. The van der Waals surface area contributed by atoms with Crippen LogP contribution in [0.15, 0.2) is 60.7 Å². The van der Waals surface area contributed by atoms with Crippen molar-refractivity contribution in [2.45, 2.75) is 20.3 Å². The Hall–Kier alpha value is -3.21. The highest BCUT2D eigenvalue weighted by atomic mass is 19.1. The molecule has 26 heavy (non-hydrogen) atoms. The molecule has 0 unspecified atom stereocenters. The van der Waals surface area contributed by atoms with E-state index in [4.69, 9.17) is 4.74 Å². The first kappa shape index (κ1) is 17.6. The molecule has 0 spiro atoms. The number of nitrogens with zero attached hydrogens (tertiary/aromatic N) is 1. The number of carbonyl (C=O) groups is 1. The van der Waals surface area contributed by atoms with Crippen molar-refractivity contribution >= 4 is 11.6 Å². The number of rotatable bonds is 5. The molecule has 0 atom stereocenters. The molecule has 132 valence electrons. The van der Waals surface area contributed by atoms with Crippen LogP contribution in [0.5, 0.6) is 11.5 Å². The van der Waals surface area contributed by atoms with Crippen molar-refractivity contribution in [3.8, 4) is 11.5 Å². The van der Waals surface area contributed by atoms with Crippen molar-refractivity contribution in [2.24, 2.45) is 0 Å². The van der Waals surface area contributed by atoms with Gasteiger partial charge < -0.3 is 10.1 Å². The Labute approximate surface area is 151 Å². The second kappa shape index (κ2) is 7.78. The van der Waals surface area contributed by atoms with Gasteiger partial charge in [0.2, 0.25) is 0 Å². The first-order valence-electron chi connectivity index (χ1n) is 8.36. The van der Waals surface area contributed by atoms with Crippen molar-refractivity contribution in [1.29, 1.82) is 0 Å². The summed E-state index contributed by atoms with van der Waals surface area (Å²) < 4.78 is 18.5. The minimum absolute atomic E-state index is 0.204. The van der Waals surface area contributed by atoms with Crippen LogP contribution < -0.4 is 10.1 Å². The Bertz CT molecular complexity index is 906. The van der Waals surface area contributed by atoms with Gasteiger partial charge in [-0.05, 0) is 74.0 Å². The van der Waals surface area contributed by atoms with Gasteiger partial charge in [0.25, 0.3) is 5.91 Å². The van der Waals surface area contributed by atoms with Gasteiger partial charge in [-0.25, -0.2) is 4.39 Å². The third-order valence-corrected chi connectivity index (χ3v) is 3.91. The minimum Gasteiger partial charge on any atom is -0.457 e. The number of ether oxygens (including phenoxy) is 1. The smallest absolute Gasteiger partial charge is 0.257 e. The highest BCUT2D eigenvalue weighted by Crippen LogP contribution is 2.23. The summed E-state index contributed by atoms with van der Waals surface area (Å²) in [4.78, 5) is 16.8. The molecule has 1 heterocycles. The van der Waals surface area contributed by atoms with Crippen molar-refractivity contribution in [2.75, 3.05) is 5.32 Å². The number of aryl methyl sites for hydroxylation is 2. The fourth-order valence-corrected chi connectivity index (χ4v) is 2.49. The summed E-state index contributed by atoms with van der Waals surface area (Å²) >= 11 is 0. The number of aromatic nitrogens is 1. The van der Waals surface area contributed by atoms with Gasteiger partial charge >= 0.3 is 0 Å². The van der Waals surface area contributed by atoms with Crippen molar-refractivity contribution in [3.63, 3.8) is 0 Å². The number of pyridine rings is 1. The number of anilines is 1. The SMILES string of the molecule is CCc1ccc(C(=O)Nc2ccc(Oc3ccc(F)cc3)cc2)c(C)n1. The monoisotopic (exact) mass is 350 g/mol. The summed E-state index contributed by atoms with van der Waals surface area (Å²) in [5.74, 6) is 0.623. The Morgan fingerprint density at radius 1 is 1.00 bits per heavy atom. The highest BCUT2D eigenvalue weighted by Gasteiger charge is 2.11. The molecule has 2 aromatic carbocycles. The van der Waals surface area contributed by atoms with Gasteiger partial charge in [0.05, 0.1) is 11.3 Å². The van der Waals surface area contributed by atoms with E-state index in [9.17, 15) is 9.18 Å². The van der Waals surface area contributed by atoms with Gasteiger partial charge in [-0.3, -0.25) is 9.78 Å². The Morgan fingerprint density at radius 3 is 2.19 bits per heavy atom. The van der Waals surface area contributed by atoms with Crippen molar-refractivity contribution < 1.29 is 13.9 Å². The van der Waals surface area contributed by atoms with Gasteiger partial charge in [-0.2, -0.15) is 0 Å². The first-order chi connectivity index (χ1) is 12.5. The summed E-state index contributed by atoms with van der Waals surface area (Å²) in [7, 11) is 0. The average Bonchev–Trinajstić information content (AvgIpc) is 2.65. The molecule has 0 bridgehead atoms. The molecule has 0 aliphatic heterocycles. The Morgan fingerprint density at radius 2 is 1.62 bits per heavy atom. The zero-order chi connectivity index (χ0) is 18.5. The van der Waals surface area contributed by atoms with Crippen LogP contribution in [-0.4, -0.2) is 10.9 Å². The zero-order valence-corrected chi connectivity index (χ0v) is 14.6. The lowest BCUT2D eigenvalue weighted by Gasteiger charge is -2.10. The number of hydrogen-bond acceptors (Lipinski definition) is 3. The van der Waals surface area contributed by atoms with E-state index >= 15 is 0 Å². The van der Waals surface area contributed by atoms with Gasteiger partial charge in [-0.1, -0.05) is 6.92 Å². The normalized spacial score (nSPS) is 10.4. The van der Waals surface area contributed by atoms with Crippen LogP contribution in [0, 0.1) is 12.7 Å². The number of nitrogens with one attached hydrogen (secondary N) is 1. The third-order valence-electron chi connectivity index (χ3n) is 3.91. The number of benzene rings is 2. The number of amides is 1. The maximum atomic E-state index is 12.9. The summed E-state index contributed by atoms with van der Waals surface area (Å²) in [6.45, 7) is 3.85. The Kier molecular flexibility index (Phi) is 5.27. The molecule has 1 amide bonds. The van der Waals surface area contributed by atoms with Gasteiger partial charge in [0.15, 0.2) is 0 Å². The summed E-state index contributed by atoms with van der Waals surface area (Å²) in [6, 6.07) is 16.4. The fourth-order valence-electron chi connectivity index (χ4n) is 2.49. The van der Waals surface area contributed by atoms with Crippen molar-refractivity contribution in [1.82, 2.24) is 4.98 Å². The molecular formula is C21H19FN2O2. The summed E-state index contributed by atoms with van der Waals surface area (Å²) in [6.07, 6.45) is 0.832. The molecule has 0 saturated carbocycles. The first-order valence-corrected chi connectivity index (χ1v) is 8.36. The average molecular weight is 350 g/mol. The van der Waals surface area contributed by atoms with Gasteiger partial charge in [-0.15, -0.1) is 0 Å². The van der Waals surface area contributed by atoms with E-state index in [0.29, 0.717) is 28.4 Å². The van der Waals surface area contributed by atoms with Crippen LogP contribution in [0.2, 0.25) is 0 Å². The molecule has 4 nitrogen and oxygen atoms in total. The third kappa shape index (κ3) is 4.25. The van der Waals surface area contributed by atoms with E-state index in [-0.39, 0.29) is 11.7 Å². The molecule has 0 fully saturated rings. The summed E-state index contributed by atoms with van der Waals surface area (Å²) in [5.41, 5.74) is 2.87. The number of halogens is 1. The predicted molar refractivity (Wildman–Crippen MR) is 99.2 cm³/mol. The molecule has 1 aromatic heterocycles. The van der Waals surface area contributed by atoms with E-state index in [2.05, 4.69) is 10.3 Å². The Balaban J connectivity index is 1.67. The molecule has 0 aliphatic carbocycles. The van der Waals surface area contributed by atoms with E-state index < -0.39 is 0 Å². The molecule has 1 N–H and O–H groups in total. The number of carbonyl (C=O) groups excluding carboxylic acids is 1. The van der Waals surface area contributed by atoms with Crippen LogP contribution >= 0.6 is 0 Å². The molecule has 0 radical (unpaired) electrons. The maximum absolute atomic E-state index is 12.9. The van der Waals surface area contributed by atoms with Gasteiger partial charge in [0.1, 0.15) is 17.3 Å². The second-order valence-corrected chi connectivity index (χ2v) is 5.82. The number of hydrogen-bond donors (Lipinski definition) is 1.